The quantitative estimate of drug-likeness (QED) is 0.669. The number of hydrogen-bond acceptors (Lipinski definition) is 3. The molecule has 0 fully saturated rings. The van der Waals surface area contributed by atoms with Gasteiger partial charge in [0.2, 0.25) is 5.91 Å². The minimum atomic E-state index is -1.01. The van der Waals surface area contributed by atoms with Gasteiger partial charge < -0.3 is 21.1 Å². The van der Waals surface area contributed by atoms with Crippen molar-refractivity contribution in [2.24, 2.45) is 5.73 Å². The van der Waals surface area contributed by atoms with Crippen LogP contribution in [0.4, 0.5) is 19.3 Å². The lowest BCUT2D eigenvalue weighted by atomic mass is 10.1. The number of ether oxygens (including phenoxy) is 1. The van der Waals surface area contributed by atoms with Gasteiger partial charge in [-0.3, -0.25) is 4.79 Å². The Bertz CT molecular complexity index is 769. The lowest BCUT2D eigenvalue weighted by Gasteiger charge is -2.11. The first-order chi connectivity index (χ1) is 12.0. The number of amides is 3. The van der Waals surface area contributed by atoms with E-state index in [-0.39, 0.29) is 25.3 Å². The van der Waals surface area contributed by atoms with Crippen LogP contribution in [0.2, 0.25) is 0 Å². The second-order valence-electron chi connectivity index (χ2n) is 5.11. The number of carbonyl (C=O) groups excluding carboxylic acids is 2. The molecule has 0 saturated heterocycles. The van der Waals surface area contributed by atoms with E-state index in [1.54, 1.807) is 24.3 Å². The SMILES string of the molecule is NC(=O)Cc1ccccc1NC(=O)NCCOc1ccc(F)c(F)c1. The molecule has 0 heterocycles. The number of rotatable bonds is 7. The fraction of sp³-hybridized carbons (Fsp3) is 0.176. The van der Waals surface area contributed by atoms with E-state index in [1.807, 2.05) is 0 Å². The maximum Gasteiger partial charge on any atom is 0.319 e. The average molecular weight is 349 g/mol. The van der Waals surface area contributed by atoms with Crippen LogP contribution in [0, 0.1) is 11.6 Å². The summed E-state index contributed by atoms with van der Waals surface area (Å²) in [4.78, 5) is 22.9. The Labute approximate surface area is 143 Å². The van der Waals surface area contributed by atoms with Crippen molar-refractivity contribution in [2.45, 2.75) is 6.42 Å². The van der Waals surface area contributed by atoms with E-state index < -0.39 is 23.6 Å². The first kappa shape index (κ1) is 18.2. The fourth-order valence-corrected chi connectivity index (χ4v) is 2.05. The number of nitrogens with two attached hydrogens (primary N) is 1. The molecule has 0 bridgehead atoms. The van der Waals surface area contributed by atoms with Gasteiger partial charge in [0, 0.05) is 11.8 Å². The molecule has 4 N–H and O–H groups in total. The number of anilines is 1. The number of carbonyl (C=O) groups is 2. The summed E-state index contributed by atoms with van der Waals surface area (Å²) < 4.78 is 31.0. The van der Waals surface area contributed by atoms with Gasteiger partial charge in [-0.15, -0.1) is 0 Å². The molecule has 0 aliphatic carbocycles. The molecule has 6 nitrogen and oxygen atoms in total. The molecule has 0 aromatic heterocycles. The summed E-state index contributed by atoms with van der Waals surface area (Å²) >= 11 is 0. The van der Waals surface area contributed by atoms with E-state index in [0.29, 0.717) is 11.3 Å². The van der Waals surface area contributed by atoms with E-state index >= 15 is 0 Å². The Kier molecular flexibility index (Phi) is 6.27. The molecule has 0 spiro atoms. The summed E-state index contributed by atoms with van der Waals surface area (Å²) in [7, 11) is 0. The van der Waals surface area contributed by atoms with Gasteiger partial charge in [-0.2, -0.15) is 0 Å². The molecule has 25 heavy (non-hydrogen) atoms. The van der Waals surface area contributed by atoms with Crippen molar-refractivity contribution in [3.8, 4) is 5.75 Å². The summed E-state index contributed by atoms with van der Waals surface area (Å²) in [5.41, 5.74) is 6.24. The van der Waals surface area contributed by atoms with Crippen LogP contribution in [0.15, 0.2) is 42.5 Å². The Morgan fingerprint density at radius 1 is 1.08 bits per heavy atom. The first-order valence-electron chi connectivity index (χ1n) is 7.44. The van der Waals surface area contributed by atoms with Gasteiger partial charge in [-0.25, -0.2) is 13.6 Å². The van der Waals surface area contributed by atoms with Crippen LogP contribution in [0.5, 0.6) is 5.75 Å². The van der Waals surface area contributed by atoms with E-state index in [0.717, 1.165) is 12.1 Å². The minimum absolute atomic E-state index is 0.00962. The molecule has 0 atom stereocenters. The molecule has 2 aromatic carbocycles. The highest BCUT2D eigenvalue weighted by molar-refractivity contribution is 5.91. The van der Waals surface area contributed by atoms with E-state index in [1.165, 1.54) is 6.07 Å². The van der Waals surface area contributed by atoms with Crippen molar-refractivity contribution in [3.63, 3.8) is 0 Å². The summed E-state index contributed by atoms with van der Waals surface area (Å²) in [6.45, 7) is 0.213. The van der Waals surface area contributed by atoms with Gasteiger partial charge in [0.25, 0.3) is 0 Å². The molecule has 2 rings (SSSR count). The normalized spacial score (nSPS) is 10.2. The van der Waals surface area contributed by atoms with E-state index in [2.05, 4.69) is 10.6 Å². The largest absolute Gasteiger partial charge is 0.492 e. The van der Waals surface area contributed by atoms with Crippen molar-refractivity contribution >= 4 is 17.6 Å². The topological polar surface area (TPSA) is 93.5 Å². The standard InChI is InChI=1S/C17H17F2N3O3/c18-13-6-5-12(10-14(13)19)25-8-7-21-17(24)22-15-4-2-1-3-11(15)9-16(20)23/h1-6,10H,7-9H2,(H2,20,23)(H2,21,22,24). The second kappa shape index (κ2) is 8.62. The number of para-hydroxylation sites is 1. The molecule has 3 amide bonds. The molecular weight excluding hydrogens is 332 g/mol. The van der Waals surface area contributed by atoms with Crippen LogP contribution in [0.25, 0.3) is 0 Å². The monoisotopic (exact) mass is 349 g/mol. The van der Waals surface area contributed by atoms with Gasteiger partial charge in [-0.1, -0.05) is 18.2 Å². The Balaban J connectivity index is 1.79. The number of benzene rings is 2. The predicted octanol–water partition coefficient (Wildman–Crippen LogP) is 2.19. The van der Waals surface area contributed by atoms with Crippen LogP contribution in [0.1, 0.15) is 5.56 Å². The van der Waals surface area contributed by atoms with Crippen LogP contribution in [-0.2, 0) is 11.2 Å². The summed E-state index contributed by atoms with van der Waals surface area (Å²) in [6, 6.07) is 9.46. The highest BCUT2D eigenvalue weighted by Gasteiger charge is 2.08. The zero-order valence-electron chi connectivity index (χ0n) is 13.2. The summed E-state index contributed by atoms with van der Waals surface area (Å²) in [5.74, 6) is -2.31. The fourth-order valence-electron chi connectivity index (χ4n) is 2.05. The Morgan fingerprint density at radius 3 is 2.56 bits per heavy atom. The van der Waals surface area contributed by atoms with E-state index in [4.69, 9.17) is 10.5 Å². The van der Waals surface area contributed by atoms with Crippen LogP contribution < -0.4 is 21.1 Å². The van der Waals surface area contributed by atoms with Crippen molar-refractivity contribution in [2.75, 3.05) is 18.5 Å². The van der Waals surface area contributed by atoms with Crippen LogP contribution in [-0.4, -0.2) is 25.1 Å². The lowest BCUT2D eigenvalue weighted by Crippen LogP contribution is -2.32. The molecule has 0 saturated carbocycles. The molecular formula is C17H17F2N3O3. The lowest BCUT2D eigenvalue weighted by molar-refractivity contribution is -0.117. The third-order valence-corrected chi connectivity index (χ3v) is 3.18. The van der Waals surface area contributed by atoms with Crippen LogP contribution >= 0.6 is 0 Å². The number of urea groups is 1. The Hall–Kier alpha value is -3.16. The molecule has 8 heteroatoms. The highest BCUT2D eigenvalue weighted by Crippen LogP contribution is 2.16. The zero-order valence-corrected chi connectivity index (χ0v) is 13.2. The maximum atomic E-state index is 13.0. The third-order valence-electron chi connectivity index (χ3n) is 3.18. The maximum absolute atomic E-state index is 13.0. The zero-order chi connectivity index (χ0) is 18.2. The molecule has 0 radical (unpaired) electrons. The highest BCUT2D eigenvalue weighted by atomic mass is 19.2. The molecule has 0 aliphatic heterocycles. The van der Waals surface area contributed by atoms with Crippen molar-refractivity contribution < 1.29 is 23.1 Å². The van der Waals surface area contributed by atoms with Gasteiger partial charge in [0.05, 0.1) is 13.0 Å². The first-order valence-corrected chi connectivity index (χ1v) is 7.44. The van der Waals surface area contributed by atoms with E-state index in [9.17, 15) is 18.4 Å². The number of hydrogen-bond donors (Lipinski definition) is 3. The Morgan fingerprint density at radius 2 is 1.84 bits per heavy atom. The molecule has 0 unspecified atom stereocenters. The summed E-state index contributed by atoms with van der Waals surface area (Å²) in [5, 5.41) is 5.16. The van der Waals surface area contributed by atoms with Crippen molar-refractivity contribution in [1.82, 2.24) is 5.32 Å². The third kappa shape index (κ3) is 5.76. The average Bonchev–Trinajstić information content (AvgIpc) is 2.56. The van der Waals surface area contributed by atoms with Crippen LogP contribution in [0.3, 0.4) is 0 Å². The van der Waals surface area contributed by atoms with Crippen molar-refractivity contribution in [3.05, 3.63) is 59.7 Å². The van der Waals surface area contributed by atoms with Gasteiger partial charge >= 0.3 is 6.03 Å². The van der Waals surface area contributed by atoms with Gasteiger partial charge in [0.15, 0.2) is 11.6 Å². The predicted molar refractivity (Wildman–Crippen MR) is 88.2 cm³/mol. The summed E-state index contributed by atoms with van der Waals surface area (Å²) in [6.07, 6.45) is 0.00962. The second-order valence-corrected chi connectivity index (χ2v) is 5.11. The molecule has 0 aliphatic rings. The number of nitrogens with one attached hydrogen (secondary N) is 2. The van der Waals surface area contributed by atoms with Crippen molar-refractivity contribution in [1.29, 1.82) is 0 Å². The van der Waals surface area contributed by atoms with Gasteiger partial charge in [0.1, 0.15) is 12.4 Å². The smallest absolute Gasteiger partial charge is 0.319 e. The molecule has 132 valence electrons. The minimum Gasteiger partial charge on any atom is -0.492 e. The van der Waals surface area contributed by atoms with Gasteiger partial charge in [-0.05, 0) is 23.8 Å². The molecule has 2 aromatic rings. The number of primary amides is 1. The number of halogens is 2.